The molecule has 5 nitrogen and oxygen atoms in total. The molecule has 0 saturated carbocycles. The minimum absolute atomic E-state index is 0.129. The average molecular weight is 214 g/mol. The summed E-state index contributed by atoms with van der Waals surface area (Å²) < 4.78 is 9.31. The predicted molar refractivity (Wildman–Crippen MR) is 51.8 cm³/mol. The Labute approximate surface area is 88.0 Å². The maximum absolute atomic E-state index is 11.1. The highest BCUT2D eigenvalue weighted by Crippen LogP contribution is 2.05. The second-order valence-electron chi connectivity index (χ2n) is 2.78. The molecule has 1 unspecified atom stereocenters. The second-order valence-corrected chi connectivity index (χ2v) is 2.78. The van der Waals surface area contributed by atoms with Gasteiger partial charge in [0.25, 0.3) is 6.29 Å². The van der Waals surface area contributed by atoms with Gasteiger partial charge in [0.1, 0.15) is 5.78 Å². The second kappa shape index (κ2) is 6.75. The molecule has 0 fully saturated rings. The van der Waals surface area contributed by atoms with Gasteiger partial charge in [0, 0.05) is 19.4 Å². The molecule has 0 rings (SSSR count). The molecular formula is C10H14O5. The van der Waals surface area contributed by atoms with Crippen LogP contribution in [-0.2, 0) is 23.9 Å². The van der Waals surface area contributed by atoms with Crippen LogP contribution in [0.25, 0.3) is 0 Å². The van der Waals surface area contributed by atoms with E-state index in [4.69, 9.17) is 0 Å². The van der Waals surface area contributed by atoms with Crippen molar-refractivity contribution in [2.45, 2.75) is 33.0 Å². The van der Waals surface area contributed by atoms with E-state index >= 15 is 0 Å². The number of carbonyl (C=O) groups is 3. The number of ether oxygens (including phenoxy) is 2. The summed E-state index contributed by atoms with van der Waals surface area (Å²) in [6.45, 7) is 6.03. The van der Waals surface area contributed by atoms with Crippen molar-refractivity contribution in [1.29, 1.82) is 0 Å². The van der Waals surface area contributed by atoms with Crippen LogP contribution in [0.3, 0.4) is 0 Å². The van der Waals surface area contributed by atoms with Gasteiger partial charge in [-0.3, -0.25) is 9.59 Å². The lowest BCUT2D eigenvalue weighted by molar-refractivity contribution is -0.184. The molecule has 0 aromatic heterocycles. The van der Waals surface area contributed by atoms with Crippen molar-refractivity contribution in [3.63, 3.8) is 0 Å². The van der Waals surface area contributed by atoms with Crippen LogP contribution >= 0.6 is 0 Å². The summed E-state index contributed by atoms with van der Waals surface area (Å²) in [4.78, 5) is 32.5. The van der Waals surface area contributed by atoms with Gasteiger partial charge >= 0.3 is 11.9 Å². The molecule has 0 aliphatic heterocycles. The fraction of sp³-hybridized carbons (Fsp3) is 0.500. The zero-order valence-corrected chi connectivity index (χ0v) is 8.82. The molecule has 0 radical (unpaired) electrons. The number of esters is 2. The lowest BCUT2D eigenvalue weighted by atomic mass is 10.2. The zero-order valence-electron chi connectivity index (χ0n) is 8.82. The van der Waals surface area contributed by atoms with Gasteiger partial charge in [0.15, 0.2) is 0 Å². The molecule has 84 valence electrons. The Bertz CT molecular complexity index is 269. The highest BCUT2D eigenvalue weighted by molar-refractivity contribution is 5.82. The fourth-order valence-corrected chi connectivity index (χ4v) is 0.800. The molecule has 1 atom stereocenters. The van der Waals surface area contributed by atoms with Gasteiger partial charge in [-0.05, 0) is 0 Å². The highest BCUT2D eigenvalue weighted by atomic mass is 16.7. The standard InChI is InChI=1S/C10H14O5/c1-4-8(12)6-10(14-7(3)11)15-9(13)5-2/h5,10H,2,4,6H2,1,3H3. The molecule has 0 saturated heterocycles. The predicted octanol–water partition coefficient (Wildman–Crippen LogP) is 0.974. The van der Waals surface area contributed by atoms with Crippen molar-refractivity contribution in [1.82, 2.24) is 0 Å². The maximum atomic E-state index is 11.1. The topological polar surface area (TPSA) is 69.7 Å². The zero-order chi connectivity index (χ0) is 11.8. The smallest absolute Gasteiger partial charge is 0.333 e. The first kappa shape index (κ1) is 13.4. The van der Waals surface area contributed by atoms with E-state index in [1.54, 1.807) is 6.92 Å². The van der Waals surface area contributed by atoms with Gasteiger partial charge in [0.05, 0.1) is 6.42 Å². The molecule has 0 aliphatic carbocycles. The van der Waals surface area contributed by atoms with Crippen molar-refractivity contribution in [3.05, 3.63) is 12.7 Å². The first-order valence-electron chi connectivity index (χ1n) is 4.51. The summed E-state index contributed by atoms with van der Waals surface area (Å²) >= 11 is 0. The van der Waals surface area contributed by atoms with Crippen LogP contribution in [0.5, 0.6) is 0 Å². The van der Waals surface area contributed by atoms with Crippen LogP contribution in [0.2, 0.25) is 0 Å². The monoisotopic (exact) mass is 214 g/mol. The third-order valence-electron chi connectivity index (χ3n) is 1.50. The number of Topliss-reactive ketones (excluding diaryl/α,β-unsaturated/α-hetero) is 1. The van der Waals surface area contributed by atoms with Crippen LogP contribution in [-0.4, -0.2) is 24.0 Å². The summed E-state index contributed by atoms with van der Waals surface area (Å²) in [5.41, 5.74) is 0. The minimum Gasteiger partial charge on any atom is -0.425 e. The number of carbonyl (C=O) groups excluding carboxylic acids is 3. The third kappa shape index (κ3) is 6.42. The molecule has 0 heterocycles. The first-order valence-corrected chi connectivity index (χ1v) is 4.51. The Morgan fingerprint density at radius 2 is 1.93 bits per heavy atom. The molecule has 15 heavy (non-hydrogen) atoms. The molecule has 5 heteroatoms. The van der Waals surface area contributed by atoms with E-state index in [9.17, 15) is 14.4 Å². The lowest BCUT2D eigenvalue weighted by Crippen LogP contribution is -2.25. The molecule has 0 bridgehead atoms. The van der Waals surface area contributed by atoms with Crippen molar-refractivity contribution in [2.75, 3.05) is 0 Å². The van der Waals surface area contributed by atoms with E-state index in [1.165, 1.54) is 6.92 Å². The Morgan fingerprint density at radius 3 is 2.33 bits per heavy atom. The van der Waals surface area contributed by atoms with Crippen LogP contribution in [0, 0.1) is 0 Å². The molecule has 0 aromatic carbocycles. The highest BCUT2D eigenvalue weighted by Gasteiger charge is 2.18. The first-order chi connectivity index (χ1) is 6.99. The van der Waals surface area contributed by atoms with E-state index in [1.807, 2.05) is 0 Å². The van der Waals surface area contributed by atoms with Gasteiger partial charge in [-0.15, -0.1) is 0 Å². The van der Waals surface area contributed by atoms with Gasteiger partial charge in [0.2, 0.25) is 0 Å². The Morgan fingerprint density at radius 1 is 1.33 bits per heavy atom. The Balaban J connectivity index is 4.29. The fourth-order valence-electron chi connectivity index (χ4n) is 0.800. The number of ketones is 1. The quantitative estimate of drug-likeness (QED) is 0.374. The molecular weight excluding hydrogens is 200 g/mol. The Kier molecular flexibility index (Phi) is 6.01. The summed E-state index contributed by atoms with van der Waals surface area (Å²) in [7, 11) is 0. The third-order valence-corrected chi connectivity index (χ3v) is 1.50. The van der Waals surface area contributed by atoms with E-state index in [0.29, 0.717) is 6.42 Å². The average Bonchev–Trinajstić information content (AvgIpc) is 2.16. The van der Waals surface area contributed by atoms with E-state index in [0.717, 1.165) is 6.08 Å². The summed E-state index contributed by atoms with van der Waals surface area (Å²) in [6, 6.07) is 0. The van der Waals surface area contributed by atoms with Gasteiger partial charge < -0.3 is 9.47 Å². The van der Waals surface area contributed by atoms with Crippen molar-refractivity contribution in [3.8, 4) is 0 Å². The maximum Gasteiger partial charge on any atom is 0.333 e. The number of hydrogen-bond acceptors (Lipinski definition) is 5. The molecule has 0 spiro atoms. The van der Waals surface area contributed by atoms with Crippen molar-refractivity contribution >= 4 is 17.7 Å². The van der Waals surface area contributed by atoms with E-state index < -0.39 is 18.2 Å². The normalized spacial score (nSPS) is 11.3. The molecule has 0 N–H and O–H groups in total. The molecule has 0 amide bonds. The van der Waals surface area contributed by atoms with E-state index in [2.05, 4.69) is 16.1 Å². The lowest BCUT2D eigenvalue weighted by Gasteiger charge is -2.15. The van der Waals surface area contributed by atoms with E-state index in [-0.39, 0.29) is 12.2 Å². The van der Waals surface area contributed by atoms with Crippen LogP contribution in [0.15, 0.2) is 12.7 Å². The van der Waals surface area contributed by atoms with Gasteiger partial charge in [-0.1, -0.05) is 13.5 Å². The Hall–Kier alpha value is -1.65. The van der Waals surface area contributed by atoms with Crippen molar-refractivity contribution < 1.29 is 23.9 Å². The number of hydrogen-bond donors (Lipinski definition) is 0. The summed E-state index contributed by atoms with van der Waals surface area (Å²) in [5.74, 6) is -1.50. The van der Waals surface area contributed by atoms with Crippen LogP contribution in [0.1, 0.15) is 26.7 Å². The molecule has 0 aromatic rings. The van der Waals surface area contributed by atoms with Crippen LogP contribution in [0.4, 0.5) is 0 Å². The SMILES string of the molecule is C=CC(=O)OC(CC(=O)CC)OC(C)=O. The van der Waals surface area contributed by atoms with Gasteiger partial charge in [-0.2, -0.15) is 0 Å². The van der Waals surface area contributed by atoms with Crippen LogP contribution < -0.4 is 0 Å². The van der Waals surface area contributed by atoms with Gasteiger partial charge in [-0.25, -0.2) is 4.79 Å². The molecule has 0 aliphatic rings. The summed E-state index contributed by atoms with van der Waals surface area (Å²) in [6.07, 6.45) is -0.0492. The minimum atomic E-state index is -1.15. The largest absolute Gasteiger partial charge is 0.425 e. The van der Waals surface area contributed by atoms with Crippen molar-refractivity contribution in [2.24, 2.45) is 0 Å². The number of rotatable bonds is 6. The summed E-state index contributed by atoms with van der Waals surface area (Å²) in [5, 5.41) is 0.